The molecule has 2 rings (SSSR count). The summed E-state index contributed by atoms with van der Waals surface area (Å²) in [7, 11) is 4.01. The van der Waals surface area contributed by atoms with Crippen LogP contribution in [0.4, 0.5) is 0 Å². The third-order valence-corrected chi connectivity index (χ3v) is 4.75. The van der Waals surface area contributed by atoms with Crippen molar-refractivity contribution >= 4 is 15.9 Å². The SMILES string of the molecule is CCc1nn(C)c(CC(NC)c2cc(C)nn2CC)c1Br. The molecule has 0 spiro atoms. The molecule has 1 N–H and O–H groups in total. The van der Waals surface area contributed by atoms with E-state index in [1.165, 1.54) is 11.4 Å². The summed E-state index contributed by atoms with van der Waals surface area (Å²) < 4.78 is 5.18. The third kappa shape index (κ3) is 3.21. The standard InChI is InChI=1S/C15H24BrN5/c1-6-11-15(16)14(20(5)19-11)9-12(17-4)13-8-10(3)18-21(13)7-2/h8,12,17H,6-7,9H2,1-5H3. The number of rotatable bonds is 6. The van der Waals surface area contributed by atoms with Crippen molar-refractivity contribution in [1.82, 2.24) is 24.9 Å². The van der Waals surface area contributed by atoms with E-state index in [4.69, 9.17) is 0 Å². The molecule has 0 radical (unpaired) electrons. The lowest BCUT2D eigenvalue weighted by Gasteiger charge is -2.18. The van der Waals surface area contributed by atoms with Gasteiger partial charge in [-0.2, -0.15) is 10.2 Å². The fourth-order valence-corrected chi connectivity index (χ4v) is 3.47. The Balaban J connectivity index is 2.33. The predicted octanol–water partition coefficient (Wildman–Crippen LogP) is 2.77. The van der Waals surface area contributed by atoms with Crippen molar-refractivity contribution in [3.8, 4) is 0 Å². The van der Waals surface area contributed by atoms with Gasteiger partial charge in [-0.05, 0) is 49.3 Å². The van der Waals surface area contributed by atoms with Gasteiger partial charge in [-0.25, -0.2) is 0 Å². The Morgan fingerprint density at radius 3 is 2.57 bits per heavy atom. The number of nitrogens with one attached hydrogen (secondary N) is 1. The first-order valence-corrected chi connectivity index (χ1v) is 8.22. The molecule has 1 unspecified atom stereocenters. The number of likely N-dealkylation sites (N-methyl/N-ethyl adjacent to an activating group) is 1. The van der Waals surface area contributed by atoms with E-state index < -0.39 is 0 Å². The van der Waals surface area contributed by atoms with Gasteiger partial charge in [0.1, 0.15) is 0 Å². The number of hydrogen-bond donors (Lipinski definition) is 1. The summed E-state index contributed by atoms with van der Waals surface area (Å²) in [6.45, 7) is 7.17. The summed E-state index contributed by atoms with van der Waals surface area (Å²) in [5, 5.41) is 12.5. The Kier molecular flexibility index (Phi) is 5.22. The summed E-state index contributed by atoms with van der Waals surface area (Å²) in [5.74, 6) is 0. The highest BCUT2D eigenvalue weighted by Gasteiger charge is 2.21. The van der Waals surface area contributed by atoms with E-state index in [1.807, 2.05) is 25.7 Å². The molecule has 0 aliphatic heterocycles. The quantitative estimate of drug-likeness (QED) is 0.868. The summed E-state index contributed by atoms with van der Waals surface area (Å²) in [6.07, 6.45) is 1.82. The van der Waals surface area contributed by atoms with Gasteiger partial charge < -0.3 is 5.32 Å². The van der Waals surface area contributed by atoms with Crippen LogP contribution in [0.5, 0.6) is 0 Å². The van der Waals surface area contributed by atoms with Crippen LogP contribution in [0.25, 0.3) is 0 Å². The monoisotopic (exact) mass is 353 g/mol. The van der Waals surface area contributed by atoms with Gasteiger partial charge in [-0.15, -0.1) is 0 Å². The topological polar surface area (TPSA) is 47.7 Å². The molecule has 2 heterocycles. The molecule has 1 atom stereocenters. The van der Waals surface area contributed by atoms with Crippen molar-refractivity contribution in [1.29, 1.82) is 0 Å². The molecule has 116 valence electrons. The number of aryl methyl sites for hydroxylation is 4. The van der Waals surface area contributed by atoms with Gasteiger partial charge in [0.05, 0.1) is 33.3 Å². The second-order valence-electron chi connectivity index (χ2n) is 5.26. The maximum Gasteiger partial charge on any atom is 0.0766 e. The van der Waals surface area contributed by atoms with Crippen LogP contribution in [0.1, 0.15) is 42.7 Å². The van der Waals surface area contributed by atoms with Gasteiger partial charge in [0.15, 0.2) is 0 Å². The van der Waals surface area contributed by atoms with Gasteiger partial charge in [-0.1, -0.05) is 6.92 Å². The molecule has 2 aromatic rings. The Labute approximate surface area is 134 Å². The number of hydrogen-bond acceptors (Lipinski definition) is 3. The number of nitrogens with zero attached hydrogens (tertiary/aromatic N) is 4. The van der Waals surface area contributed by atoms with E-state index in [-0.39, 0.29) is 6.04 Å². The fourth-order valence-electron chi connectivity index (χ4n) is 2.69. The van der Waals surface area contributed by atoms with E-state index in [0.29, 0.717) is 0 Å². The smallest absolute Gasteiger partial charge is 0.0766 e. The minimum Gasteiger partial charge on any atom is -0.311 e. The van der Waals surface area contributed by atoms with Crippen LogP contribution in [0.15, 0.2) is 10.5 Å². The first-order valence-electron chi connectivity index (χ1n) is 7.43. The summed E-state index contributed by atoms with van der Waals surface area (Å²) in [5.41, 5.74) is 4.62. The highest BCUT2D eigenvalue weighted by Crippen LogP contribution is 2.27. The van der Waals surface area contributed by atoms with Crippen LogP contribution < -0.4 is 5.32 Å². The van der Waals surface area contributed by atoms with Gasteiger partial charge >= 0.3 is 0 Å². The van der Waals surface area contributed by atoms with Crippen LogP contribution in [-0.2, 0) is 26.4 Å². The van der Waals surface area contributed by atoms with Crippen LogP contribution in [-0.4, -0.2) is 26.6 Å². The first-order chi connectivity index (χ1) is 10.0. The van der Waals surface area contributed by atoms with Gasteiger partial charge in [0, 0.05) is 20.0 Å². The number of aromatic nitrogens is 4. The molecule has 0 saturated carbocycles. The Hall–Kier alpha value is -1.14. The fraction of sp³-hybridized carbons (Fsp3) is 0.600. The highest BCUT2D eigenvalue weighted by molar-refractivity contribution is 9.10. The van der Waals surface area contributed by atoms with Crippen molar-refractivity contribution in [3.63, 3.8) is 0 Å². The van der Waals surface area contributed by atoms with Gasteiger partial charge in [0.2, 0.25) is 0 Å². The lowest BCUT2D eigenvalue weighted by Crippen LogP contribution is -2.23. The normalized spacial score (nSPS) is 12.9. The molecular formula is C15H24BrN5. The molecule has 0 amide bonds. The lowest BCUT2D eigenvalue weighted by molar-refractivity contribution is 0.499. The molecule has 2 aromatic heterocycles. The average Bonchev–Trinajstić information content (AvgIpc) is 2.97. The van der Waals surface area contributed by atoms with Crippen molar-refractivity contribution < 1.29 is 0 Å². The molecule has 0 aromatic carbocycles. The number of halogens is 1. The minimum atomic E-state index is 0.225. The molecule has 5 nitrogen and oxygen atoms in total. The molecule has 0 aliphatic carbocycles. The molecule has 21 heavy (non-hydrogen) atoms. The van der Waals surface area contributed by atoms with E-state index in [0.717, 1.165) is 35.2 Å². The summed E-state index contributed by atoms with van der Waals surface area (Å²) in [4.78, 5) is 0. The van der Waals surface area contributed by atoms with Crippen molar-refractivity contribution in [3.05, 3.63) is 33.3 Å². The molecule has 0 fully saturated rings. The van der Waals surface area contributed by atoms with E-state index in [1.54, 1.807) is 0 Å². The second kappa shape index (κ2) is 6.75. The van der Waals surface area contributed by atoms with E-state index in [2.05, 4.69) is 56.0 Å². The molecule has 0 aliphatic rings. The average molecular weight is 354 g/mol. The van der Waals surface area contributed by atoms with Gasteiger partial charge in [-0.3, -0.25) is 9.36 Å². The zero-order valence-corrected chi connectivity index (χ0v) is 15.0. The van der Waals surface area contributed by atoms with Crippen LogP contribution in [0.2, 0.25) is 0 Å². The lowest BCUT2D eigenvalue weighted by atomic mass is 10.1. The Morgan fingerprint density at radius 2 is 2.05 bits per heavy atom. The van der Waals surface area contributed by atoms with Crippen LogP contribution in [0.3, 0.4) is 0 Å². The maximum atomic E-state index is 4.58. The third-order valence-electron chi connectivity index (χ3n) is 3.84. The predicted molar refractivity (Wildman–Crippen MR) is 88.4 cm³/mol. The molecule has 6 heteroatoms. The van der Waals surface area contributed by atoms with Crippen molar-refractivity contribution in [2.45, 2.75) is 46.2 Å². The maximum absolute atomic E-state index is 4.58. The zero-order valence-electron chi connectivity index (χ0n) is 13.4. The minimum absolute atomic E-state index is 0.225. The zero-order chi connectivity index (χ0) is 15.6. The Bertz CT molecular complexity index is 614. The van der Waals surface area contributed by atoms with Crippen LogP contribution in [0, 0.1) is 6.92 Å². The molecular weight excluding hydrogens is 330 g/mol. The second-order valence-corrected chi connectivity index (χ2v) is 6.05. The summed E-state index contributed by atoms with van der Waals surface area (Å²) in [6, 6.07) is 2.39. The van der Waals surface area contributed by atoms with Crippen LogP contribution >= 0.6 is 15.9 Å². The van der Waals surface area contributed by atoms with E-state index >= 15 is 0 Å². The van der Waals surface area contributed by atoms with Crippen molar-refractivity contribution in [2.24, 2.45) is 7.05 Å². The first kappa shape index (κ1) is 16.2. The van der Waals surface area contributed by atoms with Gasteiger partial charge in [0.25, 0.3) is 0 Å². The van der Waals surface area contributed by atoms with E-state index in [9.17, 15) is 0 Å². The van der Waals surface area contributed by atoms with Crippen molar-refractivity contribution in [2.75, 3.05) is 7.05 Å². The molecule has 0 saturated heterocycles. The Morgan fingerprint density at radius 1 is 1.33 bits per heavy atom. The summed E-state index contributed by atoms with van der Waals surface area (Å²) >= 11 is 3.70. The largest absolute Gasteiger partial charge is 0.311 e. The highest BCUT2D eigenvalue weighted by atomic mass is 79.9. The molecule has 0 bridgehead atoms.